The van der Waals surface area contributed by atoms with Crippen molar-refractivity contribution in [1.82, 2.24) is 19.7 Å². The number of carbonyl (C=O) groups excluding carboxylic acids is 1. The molecule has 128 valence electrons. The van der Waals surface area contributed by atoms with Crippen molar-refractivity contribution in [2.45, 2.75) is 0 Å². The maximum Gasteiger partial charge on any atom is 0.324 e. The molecule has 0 aliphatic heterocycles. The van der Waals surface area contributed by atoms with Crippen LogP contribution in [-0.2, 0) is 0 Å². The van der Waals surface area contributed by atoms with Gasteiger partial charge in [0.2, 0.25) is 0 Å². The Hall–Kier alpha value is -3.62. The standard InChI is InChI=1S/C16H16N6O3/c1-24-12-6-11(7-13(8-12)25-2)20-16(23)21-14-9-15(18-10-17-14)22-5-3-4-19-22/h3-10H,1-2H3,(H2,17,18,20,21,23). The van der Waals surface area contributed by atoms with Gasteiger partial charge in [0.15, 0.2) is 5.82 Å². The Bertz CT molecular complexity index is 844. The molecule has 0 aliphatic carbocycles. The van der Waals surface area contributed by atoms with Gasteiger partial charge in [-0.1, -0.05) is 0 Å². The number of rotatable bonds is 5. The Kier molecular flexibility index (Phi) is 4.74. The molecule has 3 rings (SSSR count). The molecule has 0 saturated heterocycles. The van der Waals surface area contributed by atoms with Crippen LogP contribution in [0.5, 0.6) is 11.5 Å². The molecule has 1 aromatic carbocycles. The number of aromatic nitrogens is 4. The number of urea groups is 1. The summed E-state index contributed by atoms with van der Waals surface area (Å²) in [6.07, 6.45) is 4.73. The second-order valence-electron chi connectivity index (χ2n) is 4.89. The molecular formula is C16H16N6O3. The molecule has 0 aliphatic rings. The highest BCUT2D eigenvalue weighted by Crippen LogP contribution is 2.25. The first-order valence-corrected chi connectivity index (χ1v) is 7.31. The minimum Gasteiger partial charge on any atom is -0.497 e. The number of hydrogen-bond acceptors (Lipinski definition) is 6. The lowest BCUT2D eigenvalue weighted by molar-refractivity contribution is 0.262. The van der Waals surface area contributed by atoms with Crippen molar-refractivity contribution in [1.29, 1.82) is 0 Å². The number of ether oxygens (including phenoxy) is 2. The van der Waals surface area contributed by atoms with E-state index in [1.165, 1.54) is 20.5 Å². The first-order chi connectivity index (χ1) is 12.2. The third-order valence-electron chi connectivity index (χ3n) is 3.24. The van der Waals surface area contributed by atoms with Gasteiger partial charge in [-0.25, -0.2) is 19.4 Å². The van der Waals surface area contributed by atoms with Gasteiger partial charge < -0.3 is 14.8 Å². The molecule has 0 fully saturated rings. The first kappa shape index (κ1) is 16.2. The highest BCUT2D eigenvalue weighted by atomic mass is 16.5. The molecule has 9 heteroatoms. The van der Waals surface area contributed by atoms with E-state index < -0.39 is 6.03 Å². The number of nitrogens with one attached hydrogen (secondary N) is 2. The van der Waals surface area contributed by atoms with E-state index in [0.29, 0.717) is 28.8 Å². The smallest absolute Gasteiger partial charge is 0.324 e. The molecule has 0 unspecified atom stereocenters. The van der Waals surface area contributed by atoms with Gasteiger partial charge in [0.05, 0.1) is 14.2 Å². The summed E-state index contributed by atoms with van der Waals surface area (Å²) in [6.45, 7) is 0. The van der Waals surface area contributed by atoms with Gasteiger partial charge in [-0.15, -0.1) is 0 Å². The lowest BCUT2D eigenvalue weighted by Crippen LogP contribution is -2.20. The molecule has 2 aromatic heterocycles. The highest BCUT2D eigenvalue weighted by molar-refractivity contribution is 5.99. The lowest BCUT2D eigenvalue weighted by Gasteiger charge is -2.11. The van der Waals surface area contributed by atoms with Crippen LogP contribution in [-0.4, -0.2) is 40.0 Å². The number of benzene rings is 1. The molecule has 25 heavy (non-hydrogen) atoms. The van der Waals surface area contributed by atoms with Crippen molar-refractivity contribution >= 4 is 17.5 Å². The van der Waals surface area contributed by atoms with Gasteiger partial charge in [-0.2, -0.15) is 5.10 Å². The van der Waals surface area contributed by atoms with Crippen molar-refractivity contribution in [3.63, 3.8) is 0 Å². The number of nitrogens with zero attached hydrogens (tertiary/aromatic N) is 4. The van der Waals surface area contributed by atoms with Gasteiger partial charge in [0.1, 0.15) is 23.6 Å². The summed E-state index contributed by atoms with van der Waals surface area (Å²) >= 11 is 0. The Balaban J connectivity index is 1.72. The van der Waals surface area contributed by atoms with Crippen LogP contribution in [0.1, 0.15) is 0 Å². The van der Waals surface area contributed by atoms with Crippen LogP contribution < -0.4 is 20.1 Å². The normalized spacial score (nSPS) is 10.2. The van der Waals surface area contributed by atoms with Crippen molar-refractivity contribution in [2.75, 3.05) is 24.9 Å². The number of anilines is 2. The lowest BCUT2D eigenvalue weighted by atomic mass is 10.3. The summed E-state index contributed by atoms with van der Waals surface area (Å²) in [7, 11) is 3.08. The molecule has 0 radical (unpaired) electrons. The van der Waals surface area contributed by atoms with E-state index in [1.807, 2.05) is 0 Å². The van der Waals surface area contributed by atoms with Crippen molar-refractivity contribution in [3.05, 3.63) is 49.1 Å². The summed E-state index contributed by atoms with van der Waals surface area (Å²) in [5.74, 6) is 2.02. The monoisotopic (exact) mass is 340 g/mol. The van der Waals surface area contributed by atoms with E-state index in [0.717, 1.165) is 0 Å². The predicted octanol–water partition coefficient (Wildman–Crippen LogP) is 2.32. The summed E-state index contributed by atoms with van der Waals surface area (Å²) in [4.78, 5) is 20.3. The minimum atomic E-state index is -0.458. The maximum atomic E-state index is 12.2. The molecule has 0 saturated carbocycles. The molecule has 2 N–H and O–H groups in total. The fraction of sp³-hybridized carbons (Fsp3) is 0.125. The number of carbonyl (C=O) groups is 1. The van der Waals surface area contributed by atoms with E-state index in [2.05, 4.69) is 25.7 Å². The average Bonchev–Trinajstić information content (AvgIpc) is 3.16. The van der Waals surface area contributed by atoms with Gasteiger partial charge in [0.25, 0.3) is 0 Å². The predicted molar refractivity (Wildman–Crippen MR) is 91.3 cm³/mol. The van der Waals surface area contributed by atoms with Crippen LogP contribution in [0.4, 0.5) is 16.3 Å². The number of hydrogen-bond donors (Lipinski definition) is 2. The second-order valence-corrected chi connectivity index (χ2v) is 4.89. The topological polar surface area (TPSA) is 103 Å². The molecule has 9 nitrogen and oxygen atoms in total. The zero-order valence-corrected chi connectivity index (χ0v) is 13.6. The van der Waals surface area contributed by atoms with E-state index in [-0.39, 0.29) is 0 Å². The summed E-state index contributed by atoms with van der Waals surface area (Å²) in [6, 6.07) is 8.00. The summed E-state index contributed by atoms with van der Waals surface area (Å²) in [5.41, 5.74) is 0.523. The SMILES string of the molecule is COc1cc(NC(=O)Nc2cc(-n3cccn3)ncn2)cc(OC)c1. The fourth-order valence-electron chi connectivity index (χ4n) is 2.10. The molecule has 0 atom stereocenters. The van der Waals surface area contributed by atoms with Crippen LogP contribution in [0.2, 0.25) is 0 Å². The van der Waals surface area contributed by atoms with Crippen molar-refractivity contribution in [3.8, 4) is 17.3 Å². The van der Waals surface area contributed by atoms with Crippen molar-refractivity contribution in [2.24, 2.45) is 0 Å². The number of amides is 2. The molecule has 3 aromatic rings. The Morgan fingerprint density at radius 3 is 2.44 bits per heavy atom. The largest absolute Gasteiger partial charge is 0.497 e. The third-order valence-corrected chi connectivity index (χ3v) is 3.24. The highest BCUT2D eigenvalue weighted by Gasteiger charge is 2.08. The van der Waals surface area contributed by atoms with Crippen LogP contribution in [0, 0.1) is 0 Å². The quantitative estimate of drug-likeness (QED) is 0.739. The van der Waals surface area contributed by atoms with Crippen LogP contribution in [0.3, 0.4) is 0 Å². The van der Waals surface area contributed by atoms with Crippen LogP contribution in [0.25, 0.3) is 5.82 Å². The van der Waals surface area contributed by atoms with Gasteiger partial charge in [-0.05, 0) is 6.07 Å². The molecule has 2 heterocycles. The summed E-state index contributed by atoms with van der Waals surface area (Å²) in [5, 5.41) is 9.43. The van der Waals surface area contributed by atoms with Gasteiger partial charge in [-0.3, -0.25) is 5.32 Å². The zero-order chi connectivity index (χ0) is 17.6. The fourth-order valence-corrected chi connectivity index (χ4v) is 2.10. The van der Waals surface area contributed by atoms with Crippen LogP contribution >= 0.6 is 0 Å². The average molecular weight is 340 g/mol. The van der Waals surface area contributed by atoms with Crippen LogP contribution in [0.15, 0.2) is 49.1 Å². The Morgan fingerprint density at radius 2 is 1.80 bits per heavy atom. The zero-order valence-electron chi connectivity index (χ0n) is 13.6. The Morgan fingerprint density at radius 1 is 1.04 bits per heavy atom. The minimum absolute atomic E-state index is 0.341. The van der Waals surface area contributed by atoms with Crippen molar-refractivity contribution < 1.29 is 14.3 Å². The van der Waals surface area contributed by atoms with Gasteiger partial charge >= 0.3 is 6.03 Å². The molecular weight excluding hydrogens is 324 g/mol. The summed E-state index contributed by atoms with van der Waals surface area (Å²) < 4.78 is 11.9. The number of methoxy groups -OCH3 is 2. The molecule has 0 bridgehead atoms. The van der Waals surface area contributed by atoms with E-state index in [1.54, 1.807) is 47.4 Å². The third kappa shape index (κ3) is 4.02. The Labute approximate surface area is 143 Å². The molecule has 2 amide bonds. The van der Waals surface area contributed by atoms with E-state index in [9.17, 15) is 4.79 Å². The second kappa shape index (κ2) is 7.30. The van der Waals surface area contributed by atoms with Gasteiger partial charge in [0, 0.05) is 42.3 Å². The maximum absolute atomic E-state index is 12.2. The first-order valence-electron chi connectivity index (χ1n) is 7.31. The van der Waals surface area contributed by atoms with E-state index in [4.69, 9.17) is 9.47 Å². The molecule has 0 spiro atoms. The van der Waals surface area contributed by atoms with E-state index >= 15 is 0 Å².